The summed E-state index contributed by atoms with van der Waals surface area (Å²) >= 11 is 0. The SMILES string of the molecule is CC(C)P(=O)(O)OCCCCCCCCCCCCOP(=O)(O)C(C)C. The quantitative estimate of drug-likeness (QED) is 0.220. The van der Waals surface area contributed by atoms with Crippen LogP contribution in [0.4, 0.5) is 0 Å². The molecule has 0 fully saturated rings. The Bertz CT molecular complexity index is 399. The summed E-state index contributed by atoms with van der Waals surface area (Å²) in [6.45, 7) is 7.53. The molecule has 0 aromatic rings. The van der Waals surface area contributed by atoms with Crippen molar-refractivity contribution >= 4 is 15.2 Å². The number of rotatable bonds is 17. The zero-order valence-electron chi connectivity index (χ0n) is 17.1. The van der Waals surface area contributed by atoms with Gasteiger partial charge in [-0.2, -0.15) is 0 Å². The number of hydrogen-bond donors (Lipinski definition) is 2. The Morgan fingerprint density at radius 1 is 0.577 bits per heavy atom. The first-order valence-electron chi connectivity index (χ1n) is 10.0. The van der Waals surface area contributed by atoms with Crippen LogP contribution in [0.3, 0.4) is 0 Å². The molecule has 0 aliphatic heterocycles. The van der Waals surface area contributed by atoms with E-state index in [1.165, 1.54) is 25.7 Å². The van der Waals surface area contributed by atoms with E-state index in [0.717, 1.165) is 38.5 Å². The van der Waals surface area contributed by atoms with Crippen LogP contribution in [0.2, 0.25) is 0 Å². The molecule has 158 valence electrons. The van der Waals surface area contributed by atoms with Crippen molar-refractivity contribution in [2.24, 2.45) is 0 Å². The second kappa shape index (κ2) is 14.3. The first kappa shape index (κ1) is 26.3. The van der Waals surface area contributed by atoms with Gasteiger partial charge >= 0.3 is 15.2 Å². The van der Waals surface area contributed by atoms with Crippen molar-refractivity contribution in [1.29, 1.82) is 0 Å². The molecule has 8 heteroatoms. The minimum atomic E-state index is -3.40. The van der Waals surface area contributed by atoms with Crippen LogP contribution in [0.1, 0.15) is 91.9 Å². The van der Waals surface area contributed by atoms with Gasteiger partial charge in [-0.15, -0.1) is 0 Å². The van der Waals surface area contributed by atoms with Gasteiger partial charge in [0.05, 0.1) is 24.5 Å². The fourth-order valence-corrected chi connectivity index (χ4v) is 3.68. The second-order valence-electron chi connectivity index (χ2n) is 7.52. The van der Waals surface area contributed by atoms with Gasteiger partial charge in [0, 0.05) is 0 Å². The van der Waals surface area contributed by atoms with Crippen molar-refractivity contribution in [3.05, 3.63) is 0 Å². The second-order valence-corrected chi connectivity index (χ2v) is 12.4. The molecular formula is C18H40O6P2. The lowest BCUT2D eigenvalue weighted by Gasteiger charge is -2.15. The average molecular weight is 414 g/mol. The van der Waals surface area contributed by atoms with Crippen LogP contribution < -0.4 is 0 Å². The summed E-state index contributed by atoms with van der Waals surface area (Å²) in [4.78, 5) is 19.1. The van der Waals surface area contributed by atoms with E-state index in [2.05, 4.69) is 0 Å². The zero-order chi connectivity index (χ0) is 20.1. The normalized spacial score (nSPS) is 16.8. The summed E-state index contributed by atoms with van der Waals surface area (Å²) in [6.07, 6.45) is 10.8. The van der Waals surface area contributed by atoms with Crippen LogP contribution in [-0.4, -0.2) is 34.3 Å². The molecule has 0 rings (SSSR count). The van der Waals surface area contributed by atoms with Gasteiger partial charge in [-0.25, -0.2) is 0 Å². The van der Waals surface area contributed by atoms with Crippen LogP contribution in [0.5, 0.6) is 0 Å². The Hall–Kier alpha value is 0.300. The van der Waals surface area contributed by atoms with Crippen LogP contribution >= 0.6 is 15.2 Å². The fraction of sp³-hybridized carbons (Fsp3) is 1.00. The van der Waals surface area contributed by atoms with Gasteiger partial charge in [0.15, 0.2) is 0 Å². The highest BCUT2D eigenvalue weighted by atomic mass is 31.2. The van der Waals surface area contributed by atoms with Crippen molar-refractivity contribution < 1.29 is 28.0 Å². The van der Waals surface area contributed by atoms with Crippen LogP contribution in [0.25, 0.3) is 0 Å². The van der Waals surface area contributed by atoms with E-state index in [-0.39, 0.29) is 11.3 Å². The molecule has 0 saturated carbocycles. The molecule has 26 heavy (non-hydrogen) atoms. The van der Waals surface area contributed by atoms with E-state index < -0.39 is 15.2 Å². The summed E-state index contributed by atoms with van der Waals surface area (Å²) in [5.74, 6) is 0. The molecule has 0 aliphatic carbocycles. The molecule has 6 nitrogen and oxygen atoms in total. The smallest absolute Gasteiger partial charge is 0.324 e. The first-order valence-corrected chi connectivity index (χ1v) is 13.3. The van der Waals surface area contributed by atoms with E-state index in [0.29, 0.717) is 13.2 Å². The van der Waals surface area contributed by atoms with Gasteiger partial charge in [-0.05, 0) is 12.8 Å². The third kappa shape index (κ3) is 13.5. The maximum absolute atomic E-state index is 11.6. The molecule has 0 heterocycles. The third-order valence-electron chi connectivity index (χ3n) is 4.40. The number of hydrogen-bond acceptors (Lipinski definition) is 4. The molecular weight excluding hydrogens is 374 g/mol. The Kier molecular flexibility index (Phi) is 14.5. The highest BCUT2D eigenvalue weighted by Crippen LogP contribution is 2.47. The maximum Gasteiger partial charge on any atom is 0.330 e. The lowest BCUT2D eigenvalue weighted by Crippen LogP contribution is -2.02. The molecule has 0 aromatic carbocycles. The molecule has 0 aromatic heterocycles. The topological polar surface area (TPSA) is 93.1 Å². The summed E-state index contributed by atoms with van der Waals surface area (Å²) in [5, 5.41) is 0. The lowest BCUT2D eigenvalue weighted by molar-refractivity contribution is 0.245. The van der Waals surface area contributed by atoms with E-state index >= 15 is 0 Å². The molecule has 0 bridgehead atoms. The van der Waals surface area contributed by atoms with Gasteiger partial charge in [0.2, 0.25) is 0 Å². The molecule has 2 unspecified atom stereocenters. The standard InChI is InChI=1S/C18H40O6P2/c1-17(2)25(19,20)23-15-13-11-9-7-5-6-8-10-12-14-16-24-26(21,22)18(3)4/h17-18H,5-16H2,1-4H3,(H,19,20)(H,21,22). The third-order valence-corrected chi connectivity index (χ3v) is 8.11. The summed E-state index contributed by atoms with van der Waals surface area (Å²) in [5.41, 5.74) is -0.671. The minimum Gasteiger partial charge on any atom is -0.324 e. The van der Waals surface area contributed by atoms with Crippen LogP contribution in [0.15, 0.2) is 0 Å². The summed E-state index contributed by atoms with van der Waals surface area (Å²) in [7, 11) is -6.80. The van der Waals surface area contributed by atoms with Crippen molar-refractivity contribution in [3.8, 4) is 0 Å². The number of unbranched alkanes of at least 4 members (excludes halogenated alkanes) is 9. The van der Waals surface area contributed by atoms with Crippen molar-refractivity contribution in [2.75, 3.05) is 13.2 Å². The van der Waals surface area contributed by atoms with Crippen LogP contribution in [0, 0.1) is 0 Å². The Labute approximate surface area is 160 Å². The van der Waals surface area contributed by atoms with Crippen molar-refractivity contribution in [1.82, 2.24) is 0 Å². The first-order chi connectivity index (χ1) is 12.1. The molecule has 0 aliphatic rings. The van der Waals surface area contributed by atoms with E-state index in [4.69, 9.17) is 9.05 Å². The fourth-order valence-electron chi connectivity index (χ4n) is 2.31. The van der Waals surface area contributed by atoms with E-state index in [1.807, 2.05) is 0 Å². The van der Waals surface area contributed by atoms with Gasteiger partial charge < -0.3 is 18.8 Å². The molecule has 2 N–H and O–H groups in total. The molecule has 0 radical (unpaired) electrons. The van der Waals surface area contributed by atoms with Crippen LogP contribution in [-0.2, 0) is 18.2 Å². The Balaban J connectivity index is 3.33. The maximum atomic E-state index is 11.6. The monoisotopic (exact) mass is 414 g/mol. The summed E-state index contributed by atoms with van der Waals surface area (Å²) in [6, 6.07) is 0. The summed E-state index contributed by atoms with van der Waals surface area (Å²) < 4.78 is 33.4. The Morgan fingerprint density at radius 2 is 0.808 bits per heavy atom. The largest absolute Gasteiger partial charge is 0.330 e. The average Bonchev–Trinajstić information content (AvgIpc) is 2.54. The Morgan fingerprint density at radius 3 is 1.04 bits per heavy atom. The van der Waals surface area contributed by atoms with Crippen molar-refractivity contribution in [2.45, 2.75) is 103 Å². The predicted molar refractivity (Wildman–Crippen MR) is 108 cm³/mol. The van der Waals surface area contributed by atoms with Gasteiger partial charge in [-0.3, -0.25) is 9.13 Å². The molecule has 2 atom stereocenters. The zero-order valence-corrected chi connectivity index (χ0v) is 18.9. The van der Waals surface area contributed by atoms with Gasteiger partial charge in [-0.1, -0.05) is 79.1 Å². The highest BCUT2D eigenvalue weighted by molar-refractivity contribution is 7.53. The van der Waals surface area contributed by atoms with Gasteiger partial charge in [0.25, 0.3) is 0 Å². The van der Waals surface area contributed by atoms with Gasteiger partial charge in [0.1, 0.15) is 0 Å². The molecule has 0 spiro atoms. The lowest BCUT2D eigenvalue weighted by atomic mass is 10.1. The minimum absolute atomic E-state index is 0.336. The van der Waals surface area contributed by atoms with Crippen molar-refractivity contribution in [3.63, 3.8) is 0 Å². The van der Waals surface area contributed by atoms with E-state index in [1.54, 1.807) is 27.7 Å². The van der Waals surface area contributed by atoms with E-state index in [9.17, 15) is 18.9 Å². The molecule has 0 amide bonds. The molecule has 0 saturated heterocycles. The highest BCUT2D eigenvalue weighted by Gasteiger charge is 2.24. The predicted octanol–water partition coefficient (Wildman–Crippen LogP) is 6.11.